The SMILES string of the molecule is C[C@@H](NC(=O)NCc1nnc2n1CCCCC2)c1nncn1C. The maximum atomic E-state index is 12.1. The first-order valence-electron chi connectivity index (χ1n) is 7.94. The molecule has 124 valence electrons. The molecule has 3 rings (SSSR count). The molecule has 1 aliphatic heterocycles. The number of carbonyl (C=O) groups is 1. The first kappa shape index (κ1) is 15.4. The van der Waals surface area contributed by atoms with E-state index in [-0.39, 0.29) is 12.1 Å². The van der Waals surface area contributed by atoms with E-state index >= 15 is 0 Å². The minimum Gasteiger partial charge on any atom is -0.331 e. The summed E-state index contributed by atoms with van der Waals surface area (Å²) in [7, 11) is 1.84. The van der Waals surface area contributed by atoms with Gasteiger partial charge in [-0.2, -0.15) is 0 Å². The van der Waals surface area contributed by atoms with Crippen molar-refractivity contribution < 1.29 is 4.79 Å². The van der Waals surface area contributed by atoms with Crippen LogP contribution in [0.5, 0.6) is 0 Å². The molecule has 0 spiro atoms. The van der Waals surface area contributed by atoms with Crippen molar-refractivity contribution in [1.82, 2.24) is 40.2 Å². The fraction of sp³-hybridized carbons (Fsp3) is 0.643. The molecule has 0 aromatic carbocycles. The molecule has 0 unspecified atom stereocenters. The normalized spacial score (nSPS) is 15.6. The summed E-state index contributed by atoms with van der Waals surface area (Å²) >= 11 is 0. The quantitative estimate of drug-likeness (QED) is 0.863. The molecule has 3 heterocycles. The molecule has 0 radical (unpaired) electrons. The van der Waals surface area contributed by atoms with Gasteiger partial charge in [-0.15, -0.1) is 20.4 Å². The number of fused-ring (bicyclic) bond motifs is 1. The van der Waals surface area contributed by atoms with Gasteiger partial charge in [0, 0.05) is 20.0 Å². The van der Waals surface area contributed by atoms with Gasteiger partial charge in [0.15, 0.2) is 11.6 Å². The average molecular weight is 318 g/mol. The Balaban J connectivity index is 1.55. The van der Waals surface area contributed by atoms with E-state index in [0.717, 1.165) is 37.5 Å². The molecule has 2 N–H and O–H groups in total. The maximum Gasteiger partial charge on any atom is 0.315 e. The molecule has 2 aromatic rings. The molecule has 0 fully saturated rings. The van der Waals surface area contributed by atoms with Crippen molar-refractivity contribution in [2.75, 3.05) is 0 Å². The van der Waals surface area contributed by atoms with Gasteiger partial charge < -0.3 is 19.8 Å². The van der Waals surface area contributed by atoms with Crippen LogP contribution in [0, 0.1) is 0 Å². The highest BCUT2D eigenvalue weighted by atomic mass is 16.2. The van der Waals surface area contributed by atoms with Crippen LogP contribution >= 0.6 is 0 Å². The molecule has 2 amide bonds. The Hall–Kier alpha value is -2.45. The second kappa shape index (κ2) is 6.76. The van der Waals surface area contributed by atoms with Crippen LogP contribution in [-0.2, 0) is 26.6 Å². The number of carbonyl (C=O) groups excluding carboxylic acids is 1. The lowest BCUT2D eigenvalue weighted by Gasteiger charge is -2.14. The standard InChI is InChI=1S/C14H22N8O/c1-10(13-20-16-9-21(13)2)17-14(23)15-8-12-19-18-11-6-4-3-5-7-22(11)12/h9-10H,3-8H2,1-2H3,(H2,15,17,23)/t10-/m1/s1. The van der Waals surface area contributed by atoms with E-state index in [1.165, 1.54) is 6.42 Å². The van der Waals surface area contributed by atoms with Crippen LogP contribution in [-0.4, -0.2) is 35.6 Å². The summed E-state index contributed by atoms with van der Waals surface area (Å²) in [6.45, 7) is 3.16. The Bertz CT molecular complexity index is 676. The predicted molar refractivity (Wildman–Crippen MR) is 82.4 cm³/mol. The third kappa shape index (κ3) is 3.49. The second-order valence-corrected chi connectivity index (χ2v) is 5.84. The Morgan fingerprint density at radius 3 is 2.96 bits per heavy atom. The van der Waals surface area contributed by atoms with E-state index in [4.69, 9.17) is 0 Å². The van der Waals surface area contributed by atoms with Crippen molar-refractivity contribution in [1.29, 1.82) is 0 Å². The molecule has 1 aliphatic rings. The molecule has 0 saturated carbocycles. The zero-order valence-electron chi connectivity index (χ0n) is 13.5. The third-order valence-corrected chi connectivity index (χ3v) is 4.07. The smallest absolute Gasteiger partial charge is 0.315 e. The molecule has 1 atom stereocenters. The molecule has 0 aliphatic carbocycles. The van der Waals surface area contributed by atoms with Crippen molar-refractivity contribution in [3.8, 4) is 0 Å². The van der Waals surface area contributed by atoms with Gasteiger partial charge in [-0.3, -0.25) is 0 Å². The first-order chi connectivity index (χ1) is 11.1. The van der Waals surface area contributed by atoms with Gasteiger partial charge in [0.1, 0.15) is 12.2 Å². The first-order valence-corrected chi connectivity index (χ1v) is 7.94. The molecule has 0 saturated heterocycles. The zero-order valence-corrected chi connectivity index (χ0v) is 13.5. The number of aryl methyl sites for hydroxylation is 2. The van der Waals surface area contributed by atoms with Gasteiger partial charge in [0.2, 0.25) is 0 Å². The fourth-order valence-electron chi connectivity index (χ4n) is 2.83. The number of hydrogen-bond acceptors (Lipinski definition) is 5. The van der Waals surface area contributed by atoms with Crippen LogP contribution in [0.2, 0.25) is 0 Å². The highest BCUT2D eigenvalue weighted by molar-refractivity contribution is 5.74. The van der Waals surface area contributed by atoms with E-state index in [1.54, 1.807) is 10.9 Å². The molecular formula is C14H22N8O. The van der Waals surface area contributed by atoms with Crippen LogP contribution in [0.15, 0.2) is 6.33 Å². The minimum absolute atomic E-state index is 0.224. The molecular weight excluding hydrogens is 296 g/mol. The molecule has 9 heteroatoms. The third-order valence-electron chi connectivity index (χ3n) is 4.07. The molecule has 23 heavy (non-hydrogen) atoms. The van der Waals surface area contributed by atoms with E-state index in [0.29, 0.717) is 12.4 Å². The number of amides is 2. The van der Waals surface area contributed by atoms with Crippen molar-refractivity contribution >= 4 is 6.03 Å². The van der Waals surface area contributed by atoms with E-state index in [1.807, 2.05) is 14.0 Å². The van der Waals surface area contributed by atoms with Gasteiger partial charge in [-0.05, 0) is 19.8 Å². The number of rotatable bonds is 4. The van der Waals surface area contributed by atoms with E-state index in [2.05, 4.69) is 35.6 Å². The topological polar surface area (TPSA) is 103 Å². The van der Waals surface area contributed by atoms with E-state index in [9.17, 15) is 4.79 Å². The van der Waals surface area contributed by atoms with Crippen molar-refractivity contribution in [3.05, 3.63) is 23.8 Å². The summed E-state index contributed by atoms with van der Waals surface area (Å²) in [5.41, 5.74) is 0. The Morgan fingerprint density at radius 2 is 2.17 bits per heavy atom. The van der Waals surface area contributed by atoms with Crippen LogP contribution in [0.1, 0.15) is 49.7 Å². The predicted octanol–water partition coefficient (Wildman–Crippen LogP) is 0.693. The second-order valence-electron chi connectivity index (χ2n) is 5.84. The fourth-order valence-corrected chi connectivity index (χ4v) is 2.83. The summed E-state index contributed by atoms with van der Waals surface area (Å²) in [5, 5.41) is 21.9. The van der Waals surface area contributed by atoms with Crippen LogP contribution < -0.4 is 10.6 Å². The average Bonchev–Trinajstić information content (AvgIpc) is 3.04. The summed E-state index contributed by atoms with van der Waals surface area (Å²) in [4.78, 5) is 12.1. The summed E-state index contributed by atoms with van der Waals surface area (Å²) < 4.78 is 3.91. The van der Waals surface area contributed by atoms with E-state index < -0.39 is 0 Å². The van der Waals surface area contributed by atoms with Gasteiger partial charge in [0.05, 0.1) is 12.6 Å². The van der Waals surface area contributed by atoms with Gasteiger partial charge >= 0.3 is 6.03 Å². The van der Waals surface area contributed by atoms with Gasteiger partial charge in [-0.1, -0.05) is 6.42 Å². The van der Waals surface area contributed by atoms with Crippen LogP contribution in [0.3, 0.4) is 0 Å². The largest absolute Gasteiger partial charge is 0.331 e. The summed E-state index contributed by atoms with van der Waals surface area (Å²) in [5.74, 6) is 2.53. The number of hydrogen-bond donors (Lipinski definition) is 2. The Labute approximate surface area is 134 Å². The maximum absolute atomic E-state index is 12.1. The van der Waals surface area contributed by atoms with Gasteiger partial charge in [-0.25, -0.2) is 4.79 Å². The lowest BCUT2D eigenvalue weighted by molar-refractivity contribution is 0.236. The highest BCUT2D eigenvalue weighted by Gasteiger charge is 2.17. The molecule has 9 nitrogen and oxygen atoms in total. The molecule has 2 aromatic heterocycles. The van der Waals surface area contributed by atoms with Crippen molar-refractivity contribution in [2.45, 2.75) is 51.7 Å². The van der Waals surface area contributed by atoms with Crippen molar-refractivity contribution in [2.24, 2.45) is 7.05 Å². The summed E-state index contributed by atoms with van der Waals surface area (Å²) in [6.07, 6.45) is 6.07. The lowest BCUT2D eigenvalue weighted by Crippen LogP contribution is -2.38. The monoisotopic (exact) mass is 318 g/mol. The van der Waals surface area contributed by atoms with Crippen molar-refractivity contribution in [3.63, 3.8) is 0 Å². The van der Waals surface area contributed by atoms with Crippen LogP contribution in [0.4, 0.5) is 4.79 Å². The lowest BCUT2D eigenvalue weighted by atomic mass is 10.2. The Morgan fingerprint density at radius 1 is 1.30 bits per heavy atom. The summed E-state index contributed by atoms with van der Waals surface area (Å²) in [6, 6.07) is -0.482. The number of aromatic nitrogens is 6. The van der Waals surface area contributed by atoms with Crippen LogP contribution in [0.25, 0.3) is 0 Å². The zero-order chi connectivity index (χ0) is 16.2. The molecule has 0 bridgehead atoms. The van der Waals surface area contributed by atoms with Gasteiger partial charge in [0.25, 0.3) is 0 Å². The Kier molecular flexibility index (Phi) is 4.54. The highest BCUT2D eigenvalue weighted by Crippen LogP contribution is 2.14. The number of nitrogens with one attached hydrogen (secondary N) is 2. The minimum atomic E-state index is -0.258. The number of nitrogens with zero attached hydrogens (tertiary/aromatic N) is 6. The number of urea groups is 1.